The summed E-state index contributed by atoms with van der Waals surface area (Å²) in [4.78, 5) is 23.8. The van der Waals surface area contributed by atoms with Crippen molar-refractivity contribution in [2.75, 3.05) is 6.54 Å². The van der Waals surface area contributed by atoms with Gasteiger partial charge in [-0.05, 0) is 30.2 Å². The van der Waals surface area contributed by atoms with Crippen molar-refractivity contribution >= 4 is 35.1 Å². The zero-order valence-corrected chi connectivity index (χ0v) is 18.2. The van der Waals surface area contributed by atoms with E-state index >= 15 is 0 Å². The predicted molar refractivity (Wildman–Crippen MR) is 113 cm³/mol. The molecule has 1 aliphatic rings. The minimum atomic E-state index is -2.97. The predicted octanol–water partition coefficient (Wildman–Crippen LogP) is 4.87. The number of aromatic nitrogens is 2. The number of carboxylic acids is 1. The first-order chi connectivity index (χ1) is 15.1. The van der Waals surface area contributed by atoms with Crippen molar-refractivity contribution in [2.45, 2.75) is 19.3 Å². The highest BCUT2D eigenvalue weighted by Crippen LogP contribution is 2.29. The molecule has 11 heteroatoms. The van der Waals surface area contributed by atoms with Crippen LogP contribution >= 0.6 is 23.2 Å². The Morgan fingerprint density at radius 2 is 2.03 bits per heavy atom. The molecule has 1 atom stereocenters. The number of hydrogen-bond acceptors (Lipinski definition) is 3. The molecule has 2 aromatic rings. The van der Waals surface area contributed by atoms with E-state index < -0.39 is 35.7 Å². The zero-order chi connectivity index (χ0) is 23.6. The molecule has 0 saturated carbocycles. The molecule has 0 aliphatic heterocycles. The molecular formula is C21H18Cl2F3N3O3. The standard InChI is InChI=1S/C21H18Cl2F3N3O3/c1-29-18(19(25)26)17(16(28-29)7-10-2-5-13(22)14(23)6-10)20(30)27-9-12-4-3-11(21(31)32)8-15(12)24/h2-3,5-6,8,12,19H,4,7,9H2,1H3,(H,27,30)(H,31,32). The van der Waals surface area contributed by atoms with Crippen LogP contribution in [-0.4, -0.2) is 33.3 Å². The first-order valence-corrected chi connectivity index (χ1v) is 10.2. The lowest BCUT2D eigenvalue weighted by molar-refractivity contribution is -0.132. The normalized spacial score (nSPS) is 16.0. The molecule has 1 amide bonds. The molecule has 1 unspecified atom stereocenters. The molecule has 6 nitrogen and oxygen atoms in total. The number of halogens is 5. The number of amides is 1. The molecule has 1 aliphatic carbocycles. The fourth-order valence-corrected chi connectivity index (χ4v) is 3.72. The largest absolute Gasteiger partial charge is 0.478 e. The number of nitrogens with zero attached hydrogens (tertiary/aromatic N) is 2. The summed E-state index contributed by atoms with van der Waals surface area (Å²) < 4.78 is 42.5. The van der Waals surface area contributed by atoms with E-state index in [0.717, 1.165) is 10.8 Å². The number of allylic oxidation sites excluding steroid dienone is 1. The van der Waals surface area contributed by atoms with Crippen molar-refractivity contribution in [2.24, 2.45) is 13.0 Å². The lowest BCUT2D eigenvalue weighted by Crippen LogP contribution is -2.31. The fraction of sp³-hybridized carbons (Fsp3) is 0.286. The monoisotopic (exact) mass is 487 g/mol. The lowest BCUT2D eigenvalue weighted by atomic mass is 9.95. The van der Waals surface area contributed by atoms with Gasteiger partial charge in [0.1, 0.15) is 11.5 Å². The van der Waals surface area contributed by atoms with E-state index in [0.29, 0.717) is 10.6 Å². The van der Waals surface area contributed by atoms with Gasteiger partial charge >= 0.3 is 5.97 Å². The molecule has 1 aromatic carbocycles. The second-order valence-electron chi connectivity index (χ2n) is 7.19. The number of aryl methyl sites for hydroxylation is 1. The average Bonchev–Trinajstić information content (AvgIpc) is 3.05. The summed E-state index contributed by atoms with van der Waals surface area (Å²) in [6.07, 6.45) is -0.652. The van der Waals surface area contributed by atoms with Crippen LogP contribution in [0.2, 0.25) is 10.0 Å². The lowest BCUT2D eigenvalue weighted by Gasteiger charge is -2.18. The maximum Gasteiger partial charge on any atom is 0.335 e. The van der Waals surface area contributed by atoms with E-state index in [1.165, 1.54) is 13.1 Å². The summed E-state index contributed by atoms with van der Waals surface area (Å²) in [5, 5.41) is 16.1. The van der Waals surface area contributed by atoms with Crippen molar-refractivity contribution in [3.63, 3.8) is 0 Å². The maximum absolute atomic E-state index is 14.2. The number of benzene rings is 1. The summed E-state index contributed by atoms with van der Waals surface area (Å²) in [5.74, 6) is -3.59. The van der Waals surface area contributed by atoms with Gasteiger partial charge in [-0.25, -0.2) is 18.0 Å². The van der Waals surface area contributed by atoms with Crippen LogP contribution in [0.25, 0.3) is 0 Å². The van der Waals surface area contributed by atoms with Crippen LogP contribution in [0.1, 0.15) is 40.2 Å². The highest BCUT2D eigenvalue weighted by Gasteiger charge is 2.29. The van der Waals surface area contributed by atoms with Gasteiger partial charge in [-0.15, -0.1) is 0 Å². The summed E-state index contributed by atoms with van der Waals surface area (Å²) in [6, 6.07) is 4.74. The molecular weight excluding hydrogens is 470 g/mol. The van der Waals surface area contributed by atoms with E-state index in [1.54, 1.807) is 18.2 Å². The van der Waals surface area contributed by atoms with Gasteiger partial charge in [0.05, 0.1) is 26.9 Å². The van der Waals surface area contributed by atoms with Crippen LogP contribution < -0.4 is 5.32 Å². The first kappa shape index (κ1) is 23.9. The minimum absolute atomic E-state index is 0.0443. The Hall–Kier alpha value is -2.78. The Labute approximate surface area is 191 Å². The van der Waals surface area contributed by atoms with Crippen molar-refractivity contribution in [1.82, 2.24) is 15.1 Å². The molecule has 0 bridgehead atoms. The van der Waals surface area contributed by atoms with Gasteiger partial charge in [-0.2, -0.15) is 5.10 Å². The van der Waals surface area contributed by atoms with Crippen LogP contribution in [0.4, 0.5) is 13.2 Å². The van der Waals surface area contributed by atoms with Gasteiger partial charge in [0.15, 0.2) is 0 Å². The molecule has 32 heavy (non-hydrogen) atoms. The van der Waals surface area contributed by atoms with Crippen LogP contribution in [0.5, 0.6) is 0 Å². The molecule has 0 radical (unpaired) electrons. The Morgan fingerprint density at radius 3 is 2.62 bits per heavy atom. The fourth-order valence-electron chi connectivity index (χ4n) is 3.40. The number of carbonyl (C=O) groups is 2. The topological polar surface area (TPSA) is 84.2 Å². The minimum Gasteiger partial charge on any atom is -0.478 e. The van der Waals surface area contributed by atoms with Gasteiger partial charge < -0.3 is 10.4 Å². The first-order valence-electron chi connectivity index (χ1n) is 9.45. The van der Waals surface area contributed by atoms with Crippen LogP contribution in [0.3, 0.4) is 0 Å². The molecule has 3 rings (SSSR count). The summed E-state index contributed by atoms with van der Waals surface area (Å²) in [6.45, 7) is -0.200. The summed E-state index contributed by atoms with van der Waals surface area (Å²) in [5.41, 5.74) is -0.326. The van der Waals surface area contributed by atoms with E-state index in [4.69, 9.17) is 28.3 Å². The van der Waals surface area contributed by atoms with Gasteiger partial charge in [0.25, 0.3) is 12.3 Å². The molecule has 0 fully saturated rings. The SMILES string of the molecule is Cn1nc(Cc2ccc(Cl)c(Cl)c2)c(C(=O)NCC2CC=C(C(=O)O)C=C2F)c1C(F)F. The smallest absolute Gasteiger partial charge is 0.335 e. The van der Waals surface area contributed by atoms with Crippen LogP contribution in [-0.2, 0) is 18.3 Å². The average molecular weight is 488 g/mol. The Bertz CT molecular complexity index is 1130. The van der Waals surface area contributed by atoms with E-state index in [-0.39, 0.29) is 41.2 Å². The number of carbonyl (C=O) groups excluding carboxylic acids is 1. The summed E-state index contributed by atoms with van der Waals surface area (Å²) in [7, 11) is 1.30. The molecule has 0 spiro atoms. The molecule has 0 saturated heterocycles. The number of alkyl halides is 2. The van der Waals surface area contributed by atoms with Gasteiger partial charge in [0.2, 0.25) is 0 Å². The van der Waals surface area contributed by atoms with E-state index in [1.807, 2.05) is 0 Å². The molecule has 170 valence electrons. The number of aliphatic carboxylic acids is 1. The van der Waals surface area contributed by atoms with Gasteiger partial charge in [-0.1, -0.05) is 35.3 Å². The Balaban J connectivity index is 1.82. The molecule has 1 aromatic heterocycles. The molecule has 2 N–H and O–H groups in total. The van der Waals surface area contributed by atoms with Gasteiger partial charge in [0, 0.05) is 25.9 Å². The summed E-state index contributed by atoms with van der Waals surface area (Å²) >= 11 is 11.9. The quantitative estimate of drug-likeness (QED) is 0.583. The van der Waals surface area contributed by atoms with Crippen molar-refractivity contribution < 1.29 is 27.9 Å². The number of nitrogens with one attached hydrogen (secondary N) is 1. The second-order valence-corrected chi connectivity index (χ2v) is 8.01. The third-order valence-corrected chi connectivity index (χ3v) is 5.75. The number of hydrogen-bond donors (Lipinski definition) is 2. The molecule has 1 heterocycles. The third-order valence-electron chi connectivity index (χ3n) is 5.02. The Kier molecular flexibility index (Phi) is 7.30. The van der Waals surface area contributed by atoms with Crippen molar-refractivity contribution in [3.8, 4) is 0 Å². The van der Waals surface area contributed by atoms with Crippen molar-refractivity contribution in [1.29, 1.82) is 0 Å². The maximum atomic E-state index is 14.2. The third kappa shape index (κ3) is 5.16. The highest BCUT2D eigenvalue weighted by atomic mass is 35.5. The van der Waals surface area contributed by atoms with Crippen LogP contribution in [0, 0.1) is 5.92 Å². The van der Waals surface area contributed by atoms with Gasteiger partial charge in [-0.3, -0.25) is 9.48 Å². The van der Waals surface area contributed by atoms with Crippen LogP contribution in [0.15, 0.2) is 41.8 Å². The van der Waals surface area contributed by atoms with E-state index in [2.05, 4.69) is 10.4 Å². The zero-order valence-electron chi connectivity index (χ0n) is 16.7. The highest BCUT2D eigenvalue weighted by molar-refractivity contribution is 6.42. The Morgan fingerprint density at radius 1 is 1.31 bits per heavy atom. The number of carboxylic acid groups (broad SMARTS) is 1. The second kappa shape index (κ2) is 9.79. The van der Waals surface area contributed by atoms with Crippen molar-refractivity contribution in [3.05, 3.63) is 74.3 Å². The van der Waals surface area contributed by atoms with E-state index in [9.17, 15) is 22.8 Å². The number of rotatable bonds is 7.